The van der Waals surface area contributed by atoms with Crippen molar-refractivity contribution in [1.82, 2.24) is 4.98 Å². The Hall–Kier alpha value is -2.21. The molecule has 2 aromatic rings. The van der Waals surface area contributed by atoms with Crippen molar-refractivity contribution in [2.75, 3.05) is 11.9 Å². The van der Waals surface area contributed by atoms with Crippen molar-refractivity contribution in [1.29, 1.82) is 0 Å². The number of benzene rings is 1. The van der Waals surface area contributed by atoms with Crippen LogP contribution < -0.4 is 10.1 Å². The maximum atomic E-state index is 11.5. The van der Waals surface area contributed by atoms with Gasteiger partial charge < -0.3 is 4.74 Å². The summed E-state index contributed by atoms with van der Waals surface area (Å²) in [5, 5.41) is 4.92. The van der Waals surface area contributed by atoms with Crippen molar-refractivity contribution in [2.24, 2.45) is 0 Å². The number of rotatable bonds is 5. The van der Waals surface area contributed by atoms with Crippen molar-refractivity contribution in [2.45, 2.75) is 0 Å². The molecule has 1 heterocycles. The Balaban J connectivity index is 1.83. The predicted octanol–water partition coefficient (Wildman–Crippen LogP) is 1.97. The van der Waals surface area contributed by atoms with Crippen LogP contribution in [0.5, 0.6) is 5.75 Å². The van der Waals surface area contributed by atoms with Crippen LogP contribution in [0.4, 0.5) is 5.13 Å². The predicted molar refractivity (Wildman–Crippen MR) is 68.1 cm³/mol. The van der Waals surface area contributed by atoms with E-state index in [4.69, 9.17) is 4.74 Å². The Bertz CT molecular complexity index is 523. The van der Waals surface area contributed by atoms with E-state index in [1.165, 1.54) is 11.3 Å². The number of thiazole rings is 1. The number of aldehydes is 1. The summed E-state index contributed by atoms with van der Waals surface area (Å²) in [6.07, 6.45) is 2.36. The normalized spacial score (nSPS) is 9.78. The van der Waals surface area contributed by atoms with Gasteiger partial charge in [0.2, 0.25) is 0 Å². The van der Waals surface area contributed by atoms with Gasteiger partial charge in [-0.2, -0.15) is 0 Å². The van der Waals surface area contributed by atoms with Gasteiger partial charge in [-0.15, -0.1) is 11.3 Å². The average Bonchev–Trinajstić information content (AvgIpc) is 2.90. The molecule has 1 N–H and O–H groups in total. The smallest absolute Gasteiger partial charge is 0.264 e. The minimum Gasteiger partial charge on any atom is -0.484 e. The highest BCUT2D eigenvalue weighted by molar-refractivity contribution is 7.13. The van der Waals surface area contributed by atoms with Crippen molar-refractivity contribution >= 4 is 28.7 Å². The zero-order chi connectivity index (χ0) is 12.8. The minimum absolute atomic E-state index is 0.0972. The fourth-order valence-corrected chi connectivity index (χ4v) is 1.78. The van der Waals surface area contributed by atoms with E-state index in [1.807, 2.05) is 0 Å². The number of nitrogens with one attached hydrogen (secondary N) is 1. The van der Waals surface area contributed by atoms with E-state index in [-0.39, 0.29) is 12.5 Å². The van der Waals surface area contributed by atoms with Crippen LogP contribution in [0.2, 0.25) is 0 Å². The molecule has 0 aliphatic rings. The van der Waals surface area contributed by atoms with Gasteiger partial charge in [0.25, 0.3) is 5.91 Å². The fourth-order valence-electron chi connectivity index (χ4n) is 1.23. The fraction of sp³-hybridized carbons (Fsp3) is 0.0833. The molecule has 0 aliphatic heterocycles. The number of aromatic nitrogens is 1. The third-order valence-corrected chi connectivity index (χ3v) is 2.75. The van der Waals surface area contributed by atoms with Crippen molar-refractivity contribution in [3.05, 3.63) is 41.4 Å². The summed E-state index contributed by atoms with van der Waals surface area (Å²) in [5.41, 5.74) is 0.564. The molecule has 5 nitrogen and oxygen atoms in total. The van der Waals surface area contributed by atoms with Crippen LogP contribution in [0.15, 0.2) is 35.8 Å². The van der Waals surface area contributed by atoms with Gasteiger partial charge in [-0.05, 0) is 24.3 Å². The molecule has 2 rings (SSSR count). The van der Waals surface area contributed by atoms with E-state index in [2.05, 4.69) is 10.3 Å². The number of nitrogens with zero attached hydrogens (tertiary/aromatic N) is 1. The number of carbonyl (C=O) groups excluding carboxylic acids is 2. The molecule has 1 amide bonds. The Kier molecular flexibility index (Phi) is 4.03. The van der Waals surface area contributed by atoms with E-state index in [0.717, 1.165) is 6.29 Å². The molecule has 0 spiro atoms. The summed E-state index contributed by atoms with van der Waals surface area (Å²) in [6, 6.07) is 6.53. The molecule has 0 saturated heterocycles. The monoisotopic (exact) mass is 262 g/mol. The summed E-state index contributed by atoms with van der Waals surface area (Å²) in [5.74, 6) is 0.263. The first-order valence-electron chi connectivity index (χ1n) is 5.15. The molecule has 0 radical (unpaired) electrons. The van der Waals surface area contributed by atoms with Crippen LogP contribution >= 0.6 is 11.3 Å². The lowest BCUT2D eigenvalue weighted by atomic mass is 10.2. The van der Waals surface area contributed by atoms with Gasteiger partial charge in [-0.25, -0.2) is 4.98 Å². The Labute approximate surface area is 107 Å². The standard InChI is InChI=1S/C12H10N2O3S/c15-7-9-1-3-10(4-2-9)17-8-11(16)14-12-13-5-6-18-12/h1-7H,8H2,(H,13,14,16). The Morgan fingerprint density at radius 3 is 2.78 bits per heavy atom. The number of amides is 1. The molecular weight excluding hydrogens is 252 g/mol. The SMILES string of the molecule is O=Cc1ccc(OCC(=O)Nc2nccs2)cc1. The number of hydrogen-bond donors (Lipinski definition) is 1. The molecule has 0 unspecified atom stereocenters. The molecule has 0 atom stereocenters. The number of ether oxygens (including phenoxy) is 1. The third-order valence-electron chi connectivity index (χ3n) is 2.06. The number of anilines is 1. The van der Waals surface area contributed by atoms with Crippen molar-refractivity contribution in [3.8, 4) is 5.75 Å². The minimum atomic E-state index is -0.274. The highest BCUT2D eigenvalue weighted by Gasteiger charge is 2.05. The molecule has 0 saturated carbocycles. The zero-order valence-corrected chi connectivity index (χ0v) is 10.1. The molecule has 92 valence electrons. The molecule has 1 aromatic carbocycles. The van der Waals surface area contributed by atoms with Crippen LogP contribution in [0.3, 0.4) is 0 Å². The van der Waals surface area contributed by atoms with Gasteiger partial charge in [0.15, 0.2) is 11.7 Å². The van der Waals surface area contributed by atoms with E-state index < -0.39 is 0 Å². The number of carbonyl (C=O) groups is 2. The second kappa shape index (κ2) is 5.92. The van der Waals surface area contributed by atoms with Gasteiger partial charge in [0, 0.05) is 17.1 Å². The summed E-state index contributed by atoms with van der Waals surface area (Å²) in [4.78, 5) is 25.9. The van der Waals surface area contributed by atoms with E-state index in [0.29, 0.717) is 16.4 Å². The van der Waals surface area contributed by atoms with Gasteiger partial charge in [-0.3, -0.25) is 14.9 Å². The maximum absolute atomic E-state index is 11.5. The topological polar surface area (TPSA) is 68.3 Å². The molecular formula is C12H10N2O3S. The van der Waals surface area contributed by atoms with Gasteiger partial charge in [-0.1, -0.05) is 0 Å². The Morgan fingerprint density at radius 1 is 1.39 bits per heavy atom. The van der Waals surface area contributed by atoms with Crippen molar-refractivity contribution in [3.63, 3.8) is 0 Å². The van der Waals surface area contributed by atoms with Crippen LogP contribution in [-0.4, -0.2) is 23.8 Å². The highest BCUT2D eigenvalue weighted by Crippen LogP contribution is 2.12. The maximum Gasteiger partial charge on any atom is 0.264 e. The summed E-state index contributed by atoms with van der Waals surface area (Å²) in [6.45, 7) is -0.0972. The lowest BCUT2D eigenvalue weighted by molar-refractivity contribution is -0.118. The molecule has 0 fully saturated rings. The molecule has 18 heavy (non-hydrogen) atoms. The molecule has 1 aromatic heterocycles. The van der Waals surface area contributed by atoms with Gasteiger partial charge in [0.1, 0.15) is 12.0 Å². The quantitative estimate of drug-likeness (QED) is 0.836. The average molecular weight is 262 g/mol. The highest BCUT2D eigenvalue weighted by atomic mass is 32.1. The first-order chi connectivity index (χ1) is 8.78. The lowest BCUT2D eigenvalue weighted by Crippen LogP contribution is -2.19. The second-order valence-corrected chi connectivity index (χ2v) is 4.26. The Morgan fingerprint density at radius 2 is 2.17 bits per heavy atom. The zero-order valence-electron chi connectivity index (χ0n) is 9.33. The molecule has 6 heteroatoms. The molecule has 0 aliphatic carbocycles. The van der Waals surface area contributed by atoms with Gasteiger partial charge >= 0.3 is 0 Å². The first-order valence-corrected chi connectivity index (χ1v) is 6.03. The van der Waals surface area contributed by atoms with E-state index >= 15 is 0 Å². The van der Waals surface area contributed by atoms with Crippen LogP contribution in [-0.2, 0) is 4.79 Å². The summed E-state index contributed by atoms with van der Waals surface area (Å²) < 4.78 is 5.26. The van der Waals surface area contributed by atoms with Crippen LogP contribution in [0.25, 0.3) is 0 Å². The second-order valence-electron chi connectivity index (χ2n) is 3.36. The van der Waals surface area contributed by atoms with Crippen LogP contribution in [0.1, 0.15) is 10.4 Å². The van der Waals surface area contributed by atoms with Crippen molar-refractivity contribution < 1.29 is 14.3 Å². The lowest BCUT2D eigenvalue weighted by Gasteiger charge is -2.05. The summed E-state index contributed by atoms with van der Waals surface area (Å²) >= 11 is 1.34. The van der Waals surface area contributed by atoms with Crippen LogP contribution in [0, 0.1) is 0 Å². The van der Waals surface area contributed by atoms with Gasteiger partial charge in [0.05, 0.1) is 0 Å². The van der Waals surface area contributed by atoms with E-state index in [1.54, 1.807) is 35.8 Å². The molecule has 0 bridgehead atoms. The first kappa shape index (κ1) is 12.3. The summed E-state index contributed by atoms with van der Waals surface area (Å²) in [7, 11) is 0. The number of hydrogen-bond acceptors (Lipinski definition) is 5. The largest absolute Gasteiger partial charge is 0.484 e. The third kappa shape index (κ3) is 3.39. The van der Waals surface area contributed by atoms with E-state index in [9.17, 15) is 9.59 Å².